The van der Waals surface area contributed by atoms with Crippen LogP contribution in [0.25, 0.3) is 11.0 Å². The van der Waals surface area contributed by atoms with Crippen LogP contribution in [0.3, 0.4) is 0 Å². The van der Waals surface area contributed by atoms with E-state index in [4.69, 9.17) is 4.42 Å². The minimum Gasteiger partial charge on any atom is -0.450 e. The number of nitrogens with zero attached hydrogens (tertiary/aromatic N) is 1. The van der Waals surface area contributed by atoms with Gasteiger partial charge in [0, 0.05) is 6.54 Å². The minimum absolute atomic E-state index is 0.0268. The monoisotopic (exact) mass is 385 g/mol. The van der Waals surface area contributed by atoms with E-state index in [1.807, 2.05) is 60.7 Å². The lowest BCUT2D eigenvalue weighted by Gasteiger charge is -2.25. The number of rotatable bonds is 3. The fraction of sp³-hybridized carbons (Fsp3) is 0.0833. The highest BCUT2D eigenvalue weighted by Crippen LogP contribution is 2.39. The Morgan fingerprint density at radius 3 is 2.31 bits per heavy atom. The van der Waals surface area contributed by atoms with Crippen LogP contribution in [0.15, 0.2) is 88.1 Å². The molecule has 142 valence electrons. The zero-order valence-corrected chi connectivity index (χ0v) is 15.3. The summed E-state index contributed by atoms with van der Waals surface area (Å²) in [6.07, 6.45) is 0. The van der Waals surface area contributed by atoms with E-state index in [0.717, 1.165) is 17.2 Å². The summed E-state index contributed by atoms with van der Waals surface area (Å²) in [6, 6.07) is 22.1. The highest BCUT2D eigenvalue weighted by molar-refractivity contribution is 5.99. The molecule has 0 bridgehead atoms. The first-order valence-corrected chi connectivity index (χ1v) is 9.29. The van der Waals surface area contributed by atoms with Crippen molar-refractivity contribution >= 4 is 16.9 Å². The number of fused-ring (bicyclic) bond motifs is 2. The van der Waals surface area contributed by atoms with Crippen molar-refractivity contribution in [1.29, 1.82) is 0 Å². The highest BCUT2D eigenvalue weighted by Gasteiger charge is 2.42. The van der Waals surface area contributed by atoms with E-state index >= 15 is 0 Å². The van der Waals surface area contributed by atoms with Crippen molar-refractivity contribution in [3.8, 4) is 0 Å². The van der Waals surface area contributed by atoms with Crippen molar-refractivity contribution in [2.45, 2.75) is 12.6 Å². The van der Waals surface area contributed by atoms with Gasteiger partial charge in [0.15, 0.2) is 5.43 Å². The summed E-state index contributed by atoms with van der Waals surface area (Å²) in [5, 5.41) is 0.138. The van der Waals surface area contributed by atoms with E-state index in [2.05, 4.69) is 0 Å². The van der Waals surface area contributed by atoms with Crippen LogP contribution in [0.5, 0.6) is 0 Å². The van der Waals surface area contributed by atoms with Gasteiger partial charge < -0.3 is 9.32 Å². The first kappa shape index (κ1) is 17.4. The van der Waals surface area contributed by atoms with Gasteiger partial charge in [-0.1, -0.05) is 60.7 Å². The maximum absolute atomic E-state index is 13.8. The number of amides is 1. The number of benzene rings is 3. The van der Waals surface area contributed by atoms with Crippen molar-refractivity contribution in [3.63, 3.8) is 0 Å². The first-order valence-electron chi connectivity index (χ1n) is 9.29. The first-order chi connectivity index (χ1) is 14.1. The van der Waals surface area contributed by atoms with Crippen LogP contribution in [0.4, 0.5) is 4.39 Å². The average molecular weight is 385 g/mol. The summed E-state index contributed by atoms with van der Waals surface area (Å²) in [5.41, 5.74) is 1.84. The second kappa shape index (κ2) is 6.71. The van der Waals surface area contributed by atoms with Crippen molar-refractivity contribution < 1.29 is 13.6 Å². The Labute approximate surface area is 165 Å². The number of hydrogen-bond donors (Lipinski definition) is 0. The third-order valence-electron chi connectivity index (χ3n) is 5.24. The summed E-state index contributed by atoms with van der Waals surface area (Å²) in [5.74, 6) is -0.841. The highest BCUT2D eigenvalue weighted by atomic mass is 19.1. The van der Waals surface area contributed by atoms with Gasteiger partial charge in [-0.15, -0.1) is 0 Å². The molecule has 0 spiro atoms. The van der Waals surface area contributed by atoms with Gasteiger partial charge in [-0.2, -0.15) is 0 Å². The van der Waals surface area contributed by atoms with Crippen LogP contribution in [-0.4, -0.2) is 10.8 Å². The van der Waals surface area contributed by atoms with Crippen molar-refractivity contribution in [2.75, 3.05) is 0 Å². The van der Waals surface area contributed by atoms with Gasteiger partial charge in [0.2, 0.25) is 5.76 Å². The predicted molar refractivity (Wildman–Crippen MR) is 107 cm³/mol. The SMILES string of the molecule is O=C1c2oc3ccc(F)cc3c(=O)c2C(c2ccccc2)N1Cc1ccccc1. The van der Waals surface area contributed by atoms with Gasteiger partial charge in [-0.25, -0.2) is 4.39 Å². The van der Waals surface area contributed by atoms with Crippen molar-refractivity contribution in [3.05, 3.63) is 117 Å². The molecule has 1 unspecified atom stereocenters. The number of carbonyl (C=O) groups excluding carboxylic acids is 1. The fourth-order valence-corrected chi connectivity index (χ4v) is 3.92. The molecule has 5 heteroatoms. The van der Waals surface area contributed by atoms with Gasteiger partial charge in [0.1, 0.15) is 11.4 Å². The summed E-state index contributed by atoms with van der Waals surface area (Å²) < 4.78 is 19.6. The molecule has 0 radical (unpaired) electrons. The van der Waals surface area contributed by atoms with Crippen molar-refractivity contribution in [1.82, 2.24) is 4.90 Å². The maximum atomic E-state index is 13.8. The Balaban J connectivity index is 1.74. The zero-order valence-electron chi connectivity index (χ0n) is 15.3. The quantitative estimate of drug-likeness (QED) is 0.515. The summed E-state index contributed by atoms with van der Waals surface area (Å²) >= 11 is 0. The molecule has 4 nitrogen and oxygen atoms in total. The Kier molecular flexibility index (Phi) is 4.02. The molecule has 5 rings (SSSR count). The molecule has 1 atom stereocenters. The molecule has 0 N–H and O–H groups in total. The molecular formula is C24H16FNO3. The molecule has 1 aliphatic heterocycles. The van der Waals surface area contributed by atoms with Crippen molar-refractivity contribution in [2.24, 2.45) is 0 Å². The van der Waals surface area contributed by atoms with Gasteiger partial charge in [0.25, 0.3) is 5.91 Å². The predicted octanol–water partition coefficient (Wildman–Crippen LogP) is 4.68. The Morgan fingerprint density at radius 1 is 0.897 bits per heavy atom. The number of hydrogen-bond acceptors (Lipinski definition) is 3. The van der Waals surface area contributed by atoms with Gasteiger partial charge in [-0.3, -0.25) is 9.59 Å². The van der Waals surface area contributed by atoms with Gasteiger partial charge in [-0.05, 0) is 29.3 Å². The third-order valence-corrected chi connectivity index (χ3v) is 5.24. The molecule has 3 aromatic carbocycles. The fourth-order valence-electron chi connectivity index (χ4n) is 3.92. The number of halogens is 1. The molecule has 0 saturated heterocycles. The van der Waals surface area contributed by atoms with Crippen LogP contribution >= 0.6 is 0 Å². The van der Waals surface area contributed by atoms with E-state index in [0.29, 0.717) is 6.54 Å². The standard InChI is InChI=1S/C24H16FNO3/c25-17-11-12-19-18(13-17)22(27)20-21(16-9-5-2-6-10-16)26(24(28)23(20)29-19)14-15-7-3-1-4-8-15/h1-13,21H,14H2. The topological polar surface area (TPSA) is 50.5 Å². The van der Waals surface area contributed by atoms with Crippen LogP contribution in [0.1, 0.15) is 33.3 Å². The molecule has 2 heterocycles. The molecule has 1 aliphatic rings. The summed E-state index contributed by atoms with van der Waals surface area (Å²) in [4.78, 5) is 28.2. The van der Waals surface area contributed by atoms with E-state index in [-0.39, 0.29) is 33.6 Å². The maximum Gasteiger partial charge on any atom is 0.291 e. The van der Waals surface area contributed by atoms with Gasteiger partial charge >= 0.3 is 0 Å². The Morgan fingerprint density at radius 2 is 1.59 bits per heavy atom. The lowest BCUT2D eigenvalue weighted by atomic mass is 9.98. The smallest absolute Gasteiger partial charge is 0.291 e. The Hall–Kier alpha value is -3.73. The molecule has 1 amide bonds. The molecular weight excluding hydrogens is 369 g/mol. The molecule has 0 fully saturated rings. The minimum atomic E-state index is -0.595. The van der Waals surface area contributed by atoms with E-state index < -0.39 is 11.9 Å². The third kappa shape index (κ3) is 2.83. The van der Waals surface area contributed by atoms with Crippen LogP contribution in [0, 0.1) is 5.82 Å². The second-order valence-electron chi connectivity index (χ2n) is 7.05. The normalized spacial score (nSPS) is 15.7. The van der Waals surface area contributed by atoms with E-state index in [9.17, 15) is 14.0 Å². The second-order valence-corrected chi connectivity index (χ2v) is 7.05. The summed E-state index contributed by atoms with van der Waals surface area (Å²) in [6.45, 7) is 0.327. The average Bonchev–Trinajstić information content (AvgIpc) is 3.02. The molecule has 29 heavy (non-hydrogen) atoms. The molecule has 4 aromatic rings. The van der Waals surface area contributed by atoms with Gasteiger partial charge in [0.05, 0.1) is 17.0 Å². The largest absolute Gasteiger partial charge is 0.450 e. The summed E-state index contributed by atoms with van der Waals surface area (Å²) in [7, 11) is 0. The lowest BCUT2D eigenvalue weighted by molar-refractivity contribution is 0.0714. The van der Waals surface area contributed by atoms with E-state index in [1.165, 1.54) is 12.1 Å². The zero-order chi connectivity index (χ0) is 20.0. The van der Waals surface area contributed by atoms with Crippen LogP contribution < -0.4 is 5.43 Å². The molecule has 0 saturated carbocycles. The Bertz CT molecular complexity index is 1280. The molecule has 1 aromatic heterocycles. The van der Waals surface area contributed by atoms with E-state index in [1.54, 1.807) is 4.90 Å². The molecule has 0 aliphatic carbocycles. The number of carbonyl (C=O) groups is 1. The van der Waals surface area contributed by atoms with Crippen LogP contribution in [0.2, 0.25) is 0 Å². The lowest BCUT2D eigenvalue weighted by Crippen LogP contribution is -2.29. The van der Waals surface area contributed by atoms with Crippen LogP contribution in [-0.2, 0) is 6.54 Å².